The molecule has 4 N–H and O–H groups in total. The lowest BCUT2D eigenvalue weighted by atomic mass is 9.91. The van der Waals surface area contributed by atoms with Crippen LogP contribution in [0, 0.1) is 0 Å². The second-order valence-electron chi connectivity index (χ2n) is 7.32. The molecule has 0 aliphatic carbocycles. The normalized spacial score (nSPS) is 12.7. The summed E-state index contributed by atoms with van der Waals surface area (Å²) in [5, 5.41) is 29.5. The highest BCUT2D eigenvalue weighted by molar-refractivity contribution is 6.33. The van der Waals surface area contributed by atoms with Crippen molar-refractivity contribution in [2.45, 2.75) is 12.1 Å². The maximum atomic E-state index is 10.7. The molecule has 0 aliphatic heterocycles. The minimum absolute atomic E-state index is 0.124. The van der Waals surface area contributed by atoms with Crippen molar-refractivity contribution < 1.29 is 10.2 Å². The number of phenols is 2. The average Bonchev–Trinajstić information content (AvgIpc) is 2.80. The van der Waals surface area contributed by atoms with Gasteiger partial charge in [0.1, 0.15) is 11.5 Å². The van der Waals surface area contributed by atoms with Gasteiger partial charge in [0, 0.05) is 11.1 Å². The second-order valence-corrected chi connectivity index (χ2v) is 8.14. The first-order valence-corrected chi connectivity index (χ1v) is 10.9. The van der Waals surface area contributed by atoms with Crippen molar-refractivity contribution in [1.29, 1.82) is 0 Å². The predicted octanol–water partition coefficient (Wildman–Crippen LogP) is 7.41. The van der Waals surface area contributed by atoms with E-state index in [9.17, 15) is 10.2 Å². The molecule has 0 saturated heterocycles. The van der Waals surface area contributed by atoms with Gasteiger partial charge in [0.25, 0.3) is 0 Å². The molecular formula is C26H22Cl2N2O2. The molecule has 0 radical (unpaired) electrons. The van der Waals surface area contributed by atoms with E-state index in [1.54, 1.807) is 36.4 Å². The zero-order valence-electron chi connectivity index (χ0n) is 17.0. The third-order valence-corrected chi connectivity index (χ3v) is 5.91. The molecule has 0 bridgehead atoms. The Hall–Kier alpha value is -3.34. The van der Waals surface area contributed by atoms with Gasteiger partial charge in [-0.05, 0) is 36.4 Å². The summed E-state index contributed by atoms with van der Waals surface area (Å²) in [6.07, 6.45) is 0. The van der Waals surface area contributed by atoms with E-state index in [2.05, 4.69) is 10.6 Å². The third kappa shape index (κ3) is 4.77. The molecule has 32 heavy (non-hydrogen) atoms. The Labute approximate surface area is 197 Å². The van der Waals surface area contributed by atoms with Crippen LogP contribution >= 0.6 is 23.2 Å². The van der Waals surface area contributed by atoms with Gasteiger partial charge in [0.15, 0.2) is 0 Å². The summed E-state index contributed by atoms with van der Waals surface area (Å²) in [6.45, 7) is 0. The van der Waals surface area contributed by atoms with Crippen LogP contribution in [0.5, 0.6) is 11.5 Å². The number of rotatable bonds is 7. The first-order valence-electron chi connectivity index (χ1n) is 10.1. The first-order chi connectivity index (χ1) is 15.5. The second kappa shape index (κ2) is 9.86. The highest BCUT2D eigenvalue weighted by atomic mass is 35.5. The average molecular weight is 465 g/mol. The van der Waals surface area contributed by atoms with E-state index in [0.29, 0.717) is 32.5 Å². The van der Waals surface area contributed by atoms with Gasteiger partial charge >= 0.3 is 0 Å². The molecule has 0 saturated carbocycles. The zero-order chi connectivity index (χ0) is 22.5. The molecule has 0 aromatic heterocycles. The Morgan fingerprint density at radius 3 is 1.22 bits per heavy atom. The van der Waals surface area contributed by atoms with Gasteiger partial charge in [0.05, 0.1) is 33.5 Å². The monoisotopic (exact) mass is 464 g/mol. The fourth-order valence-electron chi connectivity index (χ4n) is 3.67. The van der Waals surface area contributed by atoms with Gasteiger partial charge in [-0.25, -0.2) is 0 Å². The fourth-order valence-corrected chi connectivity index (χ4v) is 4.05. The van der Waals surface area contributed by atoms with Crippen LogP contribution in [0.1, 0.15) is 23.2 Å². The van der Waals surface area contributed by atoms with E-state index in [-0.39, 0.29) is 11.5 Å². The minimum Gasteiger partial charge on any atom is -0.508 e. The lowest BCUT2D eigenvalue weighted by Crippen LogP contribution is -2.26. The number of benzene rings is 4. The summed E-state index contributed by atoms with van der Waals surface area (Å²) in [4.78, 5) is 0. The van der Waals surface area contributed by atoms with Crippen LogP contribution in [0.3, 0.4) is 0 Å². The Morgan fingerprint density at radius 1 is 0.500 bits per heavy atom. The van der Waals surface area contributed by atoms with Gasteiger partial charge < -0.3 is 20.8 Å². The summed E-state index contributed by atoms with van der Waals surface area (Å²) in [5.41, 5.74) is 2.67. The van der Waals surface area contributed by atoms with Gasteiger partial charge in [-0.2, -0.15) is 0 Å². The van der Waals surface area contributed by atoms with Crippen LogP contribution in [-0.4, -0.2) is 10.2 Å². The molecule has 4 aromatic carbocycles. The van der Waals surface area contributed by atoms with Crippen molar-refractivity contribution in [1.82, 2.24) is 0 Å². The number of hydrogen-bond donors (Lipinski definition) is 4. The quantitative estimate of drug-likeness (QED) is 0.230. The molecule has 0 unspecified atom stereocenters. The Morgan fingerprint density at radius 2 is 0.844 bits per heavy atom. The van der Waals surface area contributed by atoms with Crippen LogP contribution in [0.2, 0.25) is 10.0 Å². The Balaban J connectivity index is 1.87. The van der Waals surface area contributed by atoms with Crippen molar-refractivity contribution in [3.05, 3.63) is 118 Å². The van der Waals surface area contributed by atoms with Gasteiger partial charge in [0.2, 0.25) is 0 Å². The lowest BCUT2D eigenvalue weighted by Gasteiger charge is -2.32. The summed E-state index contributed by atoms with van der Waals surface area (Å²) in [6, 6.07) is 27.9. The van der Waals surface area contributed by atoms with Crippen LogP contribution in [0.25, 0.3) is 0 Å². The summed E-state index contributed by atoms with van der Waals surface area (Å²) in [7, 11) is 0. The van der Waals surface area contributed by atoms with Crippen LogP contribution < -0.4 is 10.6 Å². The third-order valence-electron chi connectivity index (χ3n) is 5.25. The van der Waals surface area contributed by atoms with E-state index < -0.39 is 12.1 Å². The Kier molecular flexibility index (Phi) is 6.74. The van der Waals surface area contributed by atoms with Crippen LogP contribution in [0.4, 0.5) is 11.4 Å². The van der Waals surface area contributed by atoms with E-state index in [4.69, 9.17) is 23.2 Å². The highest BCUT2D eigenvalue weighted by Crippen LogP contribution is 2.42. The number of para-hydroxylation sites is 4. The van der Waals surface area contributed by atoms with Crippen molar-refractivity contribution in [2.75, 3.05) is 10.6 Å². The minimum atomic E-state index is -0.513. The van der Waals surface area contributed by atoms with Gasteiger partial charge in [-0.15, -0.1) is 0 Å². The number of halogens is 2. The molecule has 0 spiro atoms. The molecule has 0 amide bonds. The standard InChI is InChI=1S/C26H22Cl2N2O2/c27-19-11-3-5-13-21(19)29-25(17-9-1-7-15-23(17)31)26(18-10-2-8-16-24(18)32)30-22-14-6-4-12-20(22)28/h1-16,25-26,29-32H/t25-,26-/m1/s1. The van der Waals surface area contributed by atoms with Gasteiger partial charge in [-0.3, -0.25) is 0 Å². The van der Waals surface area contributed by atoms with Crippen LogP contribution in [-0.2, 0) is 0 Å². The number of nitrogens with one attached hydrogen (secondary N) is 2. The number of phenolic OH excluding ortho intramolecular Hbond substituents is 2. The highest BCUT2D eigenvalue weighted by Gasteiger charge is 2.30. The largest absolute Gasteiger partial charge is 0.508 e. The van der Waals surface area contributed by atoms with Crippen LogP contribution in [0.15, 0.2) is 97.1 Å². The Bertz CT molecular complexity index is 1120. The molecule has 0 fully saturated rings. The maximum absolute atomic E-state index is 10.7. The van der Waals surface area contributed by atoms with Crippen molar-refractivity contribution in [2.24, 2.45) is 0 Å². The summed E-state index contributed by atoms with van der Waals surface area (Å²) < 4.78 is 0. The lowest BCUT2D eigenvalue weighted by molar-refractivity contribution is 0.447. The number of anilines is 2. The van der Waals surface area contributed by atoms with E-state index in [1.165, 1.54) is 0 Å². The van der Waals surface area contributed by atoms with E-state index in [1.807, 2.05) is 60.7 Å². The molecule has 4 nitrogen and oxygen atoms in total. The molecule has 162 valence electrons. The molecule has 0 aliphatic rings. The van der Waals surface area contributed by atoms with E-state index in [0.717, 1.165) is 0 Å². The van der Waals surface area contributed by atoms with Crippen molar-refractivity contribution in [3.63, 3.8) is 0 Å². The van der Waals surface area contributed by atoms with Crippen molar-refractivity contribution in [3.8, 4) is 11.5 Å². The molecule has 0 heterocycles. The van der Waals surface area contributed by atoms with Gasteiger partial charge in [-0.1, -0.05) is 83.9 Å². The number of aromatic hydroxyl groups is 2. The fraction of sp³-hybridized carbons (Fsp3) is 0.0769. The van der Waals surface area contributed by atoms with E-state index >= 15 is 0 Å². The zero-order valence-corrected chi connectivity index (χ0v) is 18.6. The molecule has 4 aromatic rings. The predicted molar refractivity (Wildman–Crippen MR) is 132 cm³/mol. The SMILES string of the molecule is Oc1ccccc1[C@@H](Nc1ccccc1Cl)[C@H](Nc1ccccc1Cl)c1ccccc1O. The molecule has 2 atom stereocenters. The molecular weight excluding hydrogens is 443 g/mol. The van der Waals surface area contributed by atoms with Crippen molar-refractivity contribution >= 4 is 34.6 Å². The summed E-state index contributed by atoms with van der Waals surface area (Å²) in [5.74, 6) is 0.247. The topological polar surface area (TPSA) is 64.5 Å². The molecule has 6 heteroatoms. The number of hydrogen-bond acceptors (Lipinski definition) is 4. The first kappa shape index (κ1) is 21.9. The smallest absolute Gasteiger partial charge is 0.120 e. The molecule has 4 rings (SSSR count). The summed E-state index contributed by atoms with van der Waals surface area (Å²) >= 11 is 12.9. The maximum Gasteiger partial charge on any atom is 0.120 e.